The molecule has 0 bridgehead atoms. The van der Waals surface area contributed by atoms with E-state index < -0.39 is 22.6 Å². The summed E-state index contributed by atoms with van der Waals surface area (Å²) in [5.41, 5.74) is 5.18. The maximum absolute atomic E-state index is 13.1. The predicted molar refractivity (Wildman–Crippen MR) is 98.7 cm³/mol. The molecule has 0 radical (unpaired) electrons. The Morgan fingerprint density at radius 1 is 1.18 bits per heavy atom. The number of ether oxygens (including phenoxy) is 1. The zero-order valence-corrected chi connectivity index (χ0v) is 14.8. The fourth-order valence-electron chi connectivity index (χ4n) is 2.17. The number of nitrogens with zero attached hydrogens (tertiary/aromatic N) is 1. The lowest BCUT2D eigenvalue weighted by molar-refractivity contribution is -0.385. The zero-order valence-electron chi connectivity index (χ0n) is 14.8. The van der Waals surface area contributed by atoms with E-state index in [1.165, 1.54) is 43.5 Å². The molecule has 0 aromatic heterocycles. The molecule has 146 valence electrons. The Bertz CT molecular complexity index is 932. The normalized spacial score (nSPS) is 9.93. The van der Waals surface area contributed by atoms with Gasteiger partial charge in [0.2, 0.25) is 0 Å². The van der Waals surface area contributed by atoms with Gasteiger partial charge in [-0.1, -0.05) is 12.6 Å². The highest BCUT2D eigenvalue weighted by molar-refractivity contribution is 5.96. The first kappa shape index (κ1) is 20.4. The van der Waals surface area contributed by atoms with E-state index in [1.807, 2.05) is 0 Å². The fourth-order valence-corrected chi connectivity index (χ4v) is 2.17. The summed E-state index contributed by atoms with van der Waals surface area (Å²) in [4.78, 5) is 34.1. The van der Waals surface area contributed by atoms with Gasteiger partial charge in [-0.15, -0.1) is 0 Å². The molecule has 0 aliphatic carbocycles. The quantitative estimate of drug-likeness (QED) is 0.468. The Kier molecular flexibility index (Phi) is 6.63. The summed E-state index contributed by atoms with van der Waals surface area (Å²) in [7, 11) is 1.31. The molecule has 0 aliphatic rings. The molecule has 3 N–H and O–H groups in total. The van der Waals surface area contributed by atoms with Gasteiger partial charge in [-0.3, -0.25) is 30.6 Å². The minimum atomic E-state index is -0.612. The van der Waals surface area contributed by atoms with Crippen molar-refractivity contribution in [1.82, 2.24) is 16.2 Å². The second kappa shape index (κ2) is 9.12. The van der Waals surface area contributed by atoms with Gasteiger partial charge in [-0.25, -0.2) is 4.39 Å². The number of rotatable bonds is 8. The number of carbonyl (C=O) groups excluding carboxylic acids is 2. The predicted octanol–water partition coefficient (Wildman–Crippen LogP) is 1.76. The number of halogens is 1. The highest BCUT2D eigenvalue weighted by atomic mass is 19.1. The third-order valence-corrected chi connectivity index (χ3v) is 3.57. The Balaban J connectivity index is 1.88. The van der Waals surface area contributed by atoms with Crippen molar-refractivity contribution < 1.29 is 23.6 Å². The second-order valence-corrected chi connectivity index (χ2v) is 5.49. The molecule has 2 rings (SSSR count). The number of carbonyl (C=O) groups is 2. The number of methoxy groups -OCH3 is 1. The monoisotopic (exact) mass is 388 g/mol. The molecular weight excluding hydrogens is 371 g/mol. The van der Waals surface area contributed by atoms with E-state index in [0.29, 0.717) is 5.56 Å². The van der Waals surface area contributed by atoms with Crippen molar-refractivity contribution in [1.29, 1.82) is 0 Å². The van der Waals surface area contributed by atoms with Gasteiger partial charge < -0.3 is 10.1 Å². The minimum Gasteiger partial charge on any atom is -0.490 e. The standard InChI is InChI=1S/C18H17FN4O5/c1-11(12-6-7-16(28-2)15(9-12)23(26)27)21-22-17(24)10-20-18(25)13-4-3-5-14(19)8-13/h3-9,21H,1,10H2,2H3,(H,20,25)(H,22,24). The molecule has 0 spiro atoms. The summed E-state index contributed by atoms with van der Waals surface area (Å²) in [6.07, 6.45) is 0. The molecule has 2 aromatic rings. The van der Waals surface area contributed by atoms with E-state index in [1.54, 1.807) is 0 Å². The van der Waals surface area contributed by atoms with Crippen LogP contribution in [0.3, 0.4) is 0 Å². The van der Waals surface area contributed by atoms with Crippen LogP contribution in [0.2, 0.25) is 0 Å². The molecule has 0 saturated carbocycles. The number of benzene rings is 2. The number of hydrogen-bond acceptors (Lipinski definition) is 6. The first-order chi connectivity index (χ1) is 13.3. The molecular formula is C18H17FN4O5. The van der Waals surface area contributed by atoms with Crippen LogP contribution in [0.25, 0.3) is 5.70 Å². The molecule has 0 aliphatic heterocycles. The van der Waals surface area contributed by atoms with Gasteiger partial charge in [0.25, 0.3) is 11.8 Å². The molecule has 0 unspecified atom stereocenters. The maximum Gasteiger partial charge on any atom is 0.311 e. The van der Waals surface area contributed by atoms with E-state index in [2.05, 4.69) is 22.7 Å². The van der Waals surface area contributed by atoms with Crippen LogP contribution in [-0.2, 0) is 4.79 Å². The zero-order chi connectivity index (χ0) is 20.7. The van der Waals surface area contributed by atoms with Crippen LogP contribution in [0, 0.1) is 15.9 Å². The van der Waals surface area contributed by atoms with Crippen LogP contribution in [-0.4, -0.2) is 30.4 Å². The molecule has 28 heavy (non-hydrogen) atoms. The smallest absolute Gasteiger partial charge is 0.311 e. The van der Waals surface area contributed by atoms with Gasteiger partial charge in [0.1, 0.15) is 5.82 Å². The lowest BCUT2D eigenvalue weighted by atomic mass is 10.1. The molecule has 2 amide bonds. The number of nitrogens with one attached hydrogen (secondary N) is 3. The van der Waals surface area contributed by atoms with E-state index in [4.69, 9.17) is 4.74 Å². The van der Waals surface area contributed by atoms with Crippen molar-refractivity contribution in [2.75, 3.05) is 13.7 Å². The van der Waals surface area contributed by atoms with Crippen molar-refractivity contribution >= 4 is 23.2 Å². The van der Waals surface area contributed by atoms with Crippen LogP contribution >= 0.6 is 0 Å². The Hall–Kier alpha value is -3.95. The van der Waals surface area contributed by atoms with Crippen molar-refractivity contribution in [2.45, 2.75) is 0 Å². The van der Waals surface area contributed by atoms with Crippen molar-refractivity contribution in [3.8, 4) is 5.75 Å². The highest BCUT2D eigenvalue weighted by Gasteiger charge is 2.16. The van der Waals surface area contributed by atoms with E-state index >= 15 is 0 Å². The highest BCUT2D eigenvalue weighted by Crippen LogP contribution is 2.29. The van der Waals surface area contributed by atoms with Crippen molar-refractivity contribution in [3.63, 3.8) is 0 Å². The lowest BCUT2D eigenvalue weighted by Gasteiger charge is -2.12. The summed E-state index contributed by atoms with van der Waals surface area (Å²) < 4.78 is 18.0. The number of hydrogen-bond donors (Lipinski definition) is 3. The second-order valence-electron chi connectivity index (χ2n) is 5.49. The number of hydrazine groups is 1. The summed E-state index contributed by atoms with van der Waals surface area (Å²) in [6.45, 7) is 3.31. The lowest BCUT2D eigenvalue weighted by Crippen LogP contribution is -2.42. The Labute approximate surface area is 159 Å². The first-order valence-electron chi connectivity index (χ1n) is 7.92. The molecule has 9 nitrogen and oxygen atoms in total. The van der Waals surface area contributed by atoms with Gasteiger partial charge in [0.15, 0.2) is 5.75 Å². The third-order valence-electron chi connectivity index (χ3n) is 3.57. The van der Waals surface area contributed by atoms with Crippen LogP contribution < -0.4 is 20.9 Å². The van der Waals surface area contributed by atoms with E-state index in [-0.39, 0.29) is 29.2 Å². The molecule has 2 aromatic carbocycles. The topological polar surface area (TPSA) is 123 Å². The number of amides is 2. The summed E-state index contributed by atoms with van der Waals surface area (Å²) in [5.74, 6) is -1.69. The van der Waals surface area contributed by atoms with Gasteiger partial charge in [-0.05, 0) is 30.3 Å². The van der Waals surface area contributed by atoms with Crippen LogP contribution in [0.15, 0.2) is 49.0 Å². The number of nitro benzene ring substituents is 1. The van der Waals surface area contributed by atoms with Crippen molar-refractivity contribution in [2.24, 2.45) is 0 Å². The molecule has 0 heterocycles. The third kappa shape index (κ3) is 5.27. The average Bonchev–Trinajstić information content (AvgIpc) is 2.69. The van der Waals surface area contributed by atoms with Gasteiger partial charge in [-0.2, -0.15) is 0 Å². The SMILES string of the molecule is C=C(NNC(=O)CNC(=O)c1cccc(F)c1)c1ccc(OC)c([N+](=O)[O-])c1. The van der Waals surface area contributed by atoms with Crippen LogP contribution in [0.4, 0.5) is 10.1 Å². The molecule has 0 fully saturated rings. The van der Waals surface area contributed by atoms with Gasteiger partial charge >= 0.3 is 5.69 Å². The number of nitro groups is 1. The largest absolute Gasteiger partial charge is 0.490 e. The first-order valence-corrected chi connectivity index (χ1v) is 7.92. The maximum atomic E-state index is 13.1. The summed E-state index contributed by atoms with van der Waals surface area (Å²) in [5, 5.41) is 13.4. The van der Waals surface area contributed by atoms with Gasteiger partial charge in [0, 0.05) is 17.2 Å². The fraction of sp³-hybridized carbons (Fsp3) is 0.111. The molecule has 10 heteroatoms. The van der Waals surface area contributed by atoms with E-state index in [0.717, 1.165) is 6.07 Å². The van der Waals surface area contributed by atoms with Crippen molar-refractivity contribution in [3.05, 3.63) is 76.1 Å². The van der Waals surface area contributed by atoms with Crippen LogP contribution in [0.5, 0.6) is 5.75 Å². The Morgan fingerprint density at radius 3 is 2.57 bits per heavy atom. The minimum absolute atomic E-state index is 0.0794. The Morgan fingerprint density at radius 2 is 1.93 bits per heavy atom. The van der Waals surface area contributed by atoms with Crippen LogP contribution in [0.1, 0.15) is 15.9 Å². The molecule has 0 saturated heterocycles. The average molecular weight is 388 g/mol. The summed E-state index contributed by atoms with van der Waals surface area (Å²) >= 11 is 0. The van der Waals surface area contributed by atoms with E-state index in [9.17, 15) is 24.1 Å². The summed E-state index contributed by atoms with van der Waals surface area (Å²) in [6, 6.07) is 9.20. The molecule has 0 atom stereocenters. The van der Waals surface area contributed by atoms with Gasteiger partial charge in [0.05, 0.1) is 24.3 Å².